The van der Waals surface area contributed by atoms with E-state index in [-0.39, 0.29) is 12.1 Å². The zero-order valence-corrected chi connectivity index (χ0v) is 12.2. The van der Waals surface area contributed by atoms with Crippen LogP contribution in [0.15, 0.2) is 11.4 Å². The standard InChI is InChI=1S/C14H18N2O3S/c1-8-6-9(7-8)15-14(19)16-4-2-11-10(3-5-20-11)12(16)13(17)18/h3,5,8-9,12H,2,4,6-7H2,1H3,(H,15,19)(H,17,18). The molecule has 6 heteroatoms. The summed E-state index contributed by atoms with van der Waals surface area (Å²) in [6, 6.07) is 0.938. The van der Waals surface area contributed by atoms with Crippen LogP contribution in [0.4, 0.5) is 4.79 Å². The van der Waals surface area contributed by atoms with Gasteiger partial charge in [-0.15, -0.1) is 11.3 Å². The average molecular weight is 294 g/mol. The van der Waals surface area contributed by atoms with Crippen LogP contribution in [0, 0.1) is 5.92 Å². The second-order valence-corrected chi connectivity index (χ2v) is 6.71. The van der Waals surface area contributed by atoms with E-state index in [4.69, 9.17) is 0 Å². The molecular formula is C14H18N2O3S. The van der Waals surface area contributed by atoms with E-state index in [2.05, 4.69) is 12.2 Å². The Bertz CT molecular complexity index is 536. The maximum absolute atomic E-state index is 12.3. The average Bonchev–Trinajstić information content (AvgIpc) is 2.83. The van der Waals surface area contributed by atoms with Gasteiger partial charge in [-0.05, 0) is 42.2 Å². The molecule has 1 aromatic heterocycles. The largest absolute Gasteiger partial charge is 0.479 e. The molecule has 2 amide bonds. The summed E-state index contributed by atoms with van der Waals surface area (Å²) in [5, 5.41) is 14.3. The van der Waals surface area contributed by atoms with Crippen LogP contribution >= 0.6 is 11.3 Å². The van der Waals surface area contributed by atoms with Gasteiger partial charge in [0, 0.05) is 17.5 Å². The van der Waals surface area contributed by atoms with E-state index in [1.807, 2.05) is 11.4 Å². The van der Waals surface area contributed by atoms with Crippen LogP contribution in [0.3, 0.4) is 0 Å². The molecule has 1 unspecified atom stereocenters. The molecule has 2 N–H and O–H groups in total. The van der Waals surface area contributed by atoms with E-state index in [0.717, 1.165) is 29.7 Å². The molecule has 20 heavy (non-hydrogen) atoms. The summed E-state index contributed by atoms with van der Waals surface area (Å²) in [6.45, 7) is 2.62. The molecule has 0 saturated heterocycles. The summed E-state index contributed by atoms with van der Waals surface area (Å²) in [5.74, 6) is -0.304. The van der Waals surface area contributed by atoms with Crippen molar-refractivity contribution in [3.05, 3.63) is 21.9 Å². The minimum atomic E-state index is -0.957. The SMILES string of the molecule is CC1CC(NC(=O)N2CCc3sccc3C2C(=O)O)C1. The number of fused-ring (bicyclic) bond motifs is 1. The van der Waals surface area contributed by atoms with Crippen LogP contribution < -0.4 is 5.32 Å². The van der Waals surface area contributed by atoms with Crippen molar-refractivity contribution in [2.75, 3.05) is 6.54 Å². The molecule has 5 nitrogen and oxygen atoms in total. The lowest BCUT2D eigenvalue weighted by Crippen LogP contribution is -2.53. The smallest absolute Gasteiger partial charge is 0.331 e. The first-order valence-electron chi connectivity index (χ1n) is 6.92. The van der Waals surface area contributed by atoms with Gasteiger partial charge in [-0.3, -0.25) is 0 Å². The third kappa shape index (κ3) is 2.28. The number of aliphatic carboxylic acids is 1. The normalized spacial score (nSPS) is 28.4. The molecule has 1 aliphatic carbocycles. The lowest BCUT2D eigenvalue weighted by molar-refractivity contribution is -0.142. The Morgan fingerprint density at radius 3 is 2.85 bits per heavy atom. The molecule has 1 fully saturated rings. The predicted octanol–water partition coefficient (Wildman–Crippen LogP) is 2.24. The van der Waals surface area contributed by atoms with E-state index in [9.17, 15) is 14.7 Å². The summed E-state index contributed by atoms with van der Waals surface area (Å²) < 4.78 is 0. The summed E-state index contributed by atoms with van der Waals surface area (Å²) in [4.78, 5) is 26.4. The molecule has 3 rings (SSSR count). The molecule has 1 aromatic rings. The van der Waals surface area contributed by atoms with Crippen LogP contribution in [-0.4, -0.2) is 34.6 Å². The topological polar surface area (TPSA) is 69.6 Å². The van der Waals surface area contributed by atoms with Crippen LogP contribution in [0.5, 0.6) is 0 Å². The van der Waals surface area contributed by atoms with Crippen molar-refractivity contribution < 1.29 is 14.7 Å². The van der Waals surface area contributed by atoms with Gasteiger partial charge in [0.15, 0.2) is 6.04 Å². The van der Waals surface area contributed by atoms with Gasteiger partial charge >= 0.3 is 12.0 Å². The maximum Gasteiger partial charge on any atom is 0.331 e. The molecule has 1 atom stereocenters. The van der Waals surface area contributed by atoms with Gasteiger partial charge in [0.25, 0.3) is 0 Å². The molecule has 0 aromatic carbocycles. The number of thiophene rings is 1. The molecule has 1 aliphatic heterocycles. The summed E-state index contributed by atoms with van der Waals surface area (Å²) in [5.41, 5.74) is 0.769. The number of urea groups is 1. The zero-order valence-electron chi connectivity index (χ0n) is 11.3. The van der Waals surface area contributed by atoms with E-state index < -0.39 is 12.0 Å². The van der Waals surface area contributed by atoms with Crippen molar-refractivity contribution in [3.63, 3.8) is 0 Å². The number of carboxylic acid groups (broad SMARTS) is 1. The van der Waals surface area contributed by atoms with Crippen LogP contribution in [0.2, 0.25) is 0 Å². The number of nitrogens with one attached hydrogen (secondary N) is 1. The lowest BCUT2D eigenvalue weighted by Gasteiger charge is -2.38. The lowest BCUT2D eigenvalue weighted by atomic mass is 9.82. The third-order valence-corrected chi connectivity index (χ3v) is 5.16. The van der Waals surface area contributed by atoms with Crippen molar-refractivity contribution in [2.24, 2.45) is 5.92 Å². The Kier molecular flexibility index (Phi) is 3.41. The van der Waals surface area contributed by atoms with Gasteiger partial charge in [0.2, 0.25) is 0 Å². The van der Waals surface area contributed by atoms with E-state index in [1.54, 1.807) is 11.3 Å². The second kappa shape index (κ2) is 5.09. The number of rotatable bonds is 2. The number of hydrogen-bond donors (Lipinski definition) is 2. The van der Waals surface area contributed by atoms with Gasteiger partial charge in [0.1, 0.15) is 0 Å². The highest BCUT2D eigenvalue weighted by atomic mass is 32.1. The highest BCUT2D eigenvalue weighted by Gasteiger charge is 2.38. The van der Waals surface area contributed by atoms with Gasteiger partial charge in [-0.2, -0.15) is 0 Å². The molecule has 0 radical (unpaired) electrons. The Morgan fingerprint density at radius 2 is 2.20 bits per heavy atom. The number of carbonyl (C=O) groups is 2. The highest BCUT2D eigenvalue weighted by Crippen LogP contribution is 2.34. The number of carboxylic acids is 1. The van der Waals surface area contributed by atoms with Gasteiger partial charge in [-0.1, -0.05) is 6.92 Å². The van der Waals surface area contributed by atoms with Crippen molar-refractivity contribution >= 4 is 23.3 Å². The fourth-order valence-electron chi connectivity index (χ4n) is 3.08. The first-order chi connectivity index (χ1) is 9.56. The number of hydrogen-bond acceptors (Lipinski definition) is 3. The molecule has 1 saturated carbocycles. The molecule has 0 spiro atoms. The fourth-order valence-corrected chi connectivity index (χ4v) is 3.98. The fraction of sp³-hybridized carbons (Fsp3) is 0.571. The van der Waals surface area contributed by atoms with Crippen LogP contribution in [0.1, 0.15) is 36.2 Å². The van der Waals surface area contributed by atoms with Crippen molar-refractivity contribution in [3.8, 4) is 0 Å². The molecule has 2 aliphatic rings. The van der Waals surface area contributed by atoms with Gasteiger partial charge in [0.05, 0.1) is 0 Å². The second-order valence-electron chi connectivity index (χ2n) is 5.71. The monoisotopic (exact) mass is 294 g/mol. The van der Waals surface area contributed by atoms with Crippen molar-refractivity contribution in [2.45, 2.75) is 38.3 Å². The van der Waals surface area contributed by atoms with E-state index in [0.29, 0.717) is 12.5 Å². The van der Waals surface area contributed by atoms with Gasteiger partial charge in [-0.25, -0.2) is 9.59 Å². The van der Waals surface area contributed by atoms with Crippen LogP contribution in [-0.2, 0) is 11.2 Å². The summed E-state index contributed by atoms with van der Waals surface area (Å²) in [6.07, 6.45) is 2.72. The Hall–Kier alpha value is -1.56. The Morgan fingerprint density at radius 1 is 1.45 bits per heavy atom. The Balaban J connectivity index is 1.75. The number of nitrogens with zero attached hydrogens (tertiary/aromatic N) is 1. The minimum absolute atomic E-state index is 0.204. The minimum Gasteiger partial charge on any atom is -0.479 e. The third-order valence-electron chi connectivity index (χ3n) is 4.16. The molecule has 0 bridgehead atoms. The summed E-state index contributed by atoms with van der Waals surface area (Å²) in [7, 11) is 0. The van der Waals surface area contributed by atoms with E-state index in [1.165, 1.54) is 4.90 Å². The van der Waals surface area contributed by atoms with Gasteiger partial charge < -0.3 is 15.3 Å². The number of amides is 2. The molecule has 108 valence electrons. The highest BCUT2D eigenvalue weighted by molar-refractivity contribution is 7.10. The number of carbonyl (C=O) groups excluding carboxylic acids is 1. The van der Waals surface area contributed by atoms with Crippen LogP contribution in [0.25, 0.3) is 0 Å². The maximum atomic E-state index is 12.3. The summed E-state index contributed by atoms with van der Waals surface area (Å²) >= 11 is 1.57. The van der Waals surface area contributed by atoms with Crippen molar-refractivity contribution in [1.82, 2.24) is 10.2 Å². The quantitative estimate of drug-likeness (QED) is 0.879. The Labute approximate surface area is 121 Å². The predicted molar refractivity (Wildman–Crippen MR) is 75.8 cm³/mol. The molecule has 2 heterocycles. The van der Waals surface area contributed by atoms with Crippen molar-refractivity contribution in [1.29, 1.82) is 0 Å². The zero-order chi connectivity index (χ0) is 14.3. The molecular weight excluding hydrogens is 276 g/mol. The first kappa shape index (κ1) is 13.4. The van der Waals surface area contributed by atoms with E-state index >= 15 is 0 Å². The first-order valence-corrected chi connectivity index (χ1v) is 7.80.